The maximum atomic E-state index is 12.3. The van der Waals surface area contributed by atoms with Crippen molar-refractivity contribution in [1.29, 1.82) is 0 Å². The molecule has 0 radical (unpaired) electrons. The van der Waals surface area contributed by atoms with Crippen LogP contribution in [0.1, 0.15) is 20.0 Å². The van der Waals surface area contributed by atoms with Crippen LogP contribution in [0, 0.1) is 0 Å². The fourth-order valence-electron chi connectivity index (χ4n) is 2.83. The van der Waals surface area contributed by atoms with Gasteiger partial charge >= 0.3 is 7.40 Å². The van der Waals surface area contributed by atoms with E-state index >= 15 is 0 Å². The number of nitrogens with zero attached hydrogens (tertiary/aromatic N) is 1. The van der Waals surface area contributed by atoms with Crippen molar-refractivity contribution in [2.24, 2.45) is 5.73 Å². The van der Waals surface area contributed by atoms with E-state index in [0.717, 1.165) is 0 Å². The molecule has 2 heterocycles. The summed E-state index contributed by atoms with van der Waals surface area (Å²) in [5.41, 5.74) is 7.24. The molecule has 2 amide bonds. The number of nitrogens with one attached hydrogen (secondary N) is 1. The van der Waals surface area contributed by atoms with Crippen LogP contribution in [0.3, 0.4) is 0 Å². The molecule has 8 nitrogen and oxygen atoms in total. The summed E-state index contributed by atoms with van der Waals surface area (Å²) in [6.07, 6.45) is 0. The first-order chi connectivity index (χ1) is 11.4. The summed E-state index contributed by atoms with van der Waals surface area (Å²) in [5.74, 6) is -1.50. The van der Waals surface area contributed by atoms with E-state index < -0.39 is 35.2 Å². The molecule has 1 saturated heterocycles. The van der Waals surface area contributed by atoms with E-state index in [2.05, 4.69) is 5.32 Å². The second-order valence-electron chi connectivity index (χ2n) is 5.72. The van der Waals surface area contributed by atoms with E-state index in [1.807, 2.05) is 6.07 Å². The summed E-state index contributed by atoms with van der Waals surface area (Å²) in [6, 6.07) is 7.23. The maximum Gasteiger partial charge on any atom is 1.00 e. The zero-order chi connectivity index (χ0) is 17.4. The van der Waals surface area contributed by atoms with Crippen LogP contribution in [-0.2, 0) is 14.4 Å². The molecular weight excluding hydrogens is 382 g/mol. The molecule has 0 aromatic heterocycles. The van der Waals surface area contributed by atoms with E-state index in [-0.39, 0.29) is 25.0 Å². The molecule has 3 atom stereocenters. The van der Waals surface area contributed by atoms with Gasteiger partial charge in [-0.05, 0) is 18.1 Å². The van der Waals surface area contributed by atoms with Gasteiger partial charge < -0.3 is 34.0 Å². The molecule has 3 unspecified atom stereocenters. The summed E-state index contributed by atoms with van der Waals surface area (Å²) >= 11 is 1.43. The number of rotatable bonds is 4. The number of carboxylic acid groups (broad SMARTS) is 1. The van der Waals surface area contributed by atoms with Crippen LogP contribution < -0.4 is 23.5 Å². The SMILES string of the molecule is CC1=C(C(=O)O)N2C(=O)C(NC(=O)C(N)c3ccccc3)C2SC1.O.[Cl-].[H+]. The first kappa shape index (κ1) is 22.0. The van der Waals surface area contributed by atoms with E-state index in [0.29, 0.717) is 16.9 Å². The molecule has 6 N–H and O–H groups in total. The lowest BCUT2D eigenvalue weighted by Crippen LogP contribution is -3.00. The van der Waals surface area contributed by atoms with Crippen molar-refractivity contribution in [2.75, 3.05) is 5.75 Å². The van der Waals surface area contributed by atoms with Crippen LogP contribution in [0.15, 0.2) is 41.6 Å². The van der Waals surface area contributed by atoms with E-state index in [1.54, 1.807) is 31.2 Å². The Kier molecular flexibility index (Phi) is 7.22. The van der Waals surface area contributed by atoms with Gasteiger partial charge in [-0.1, -0.05) is 30.3 Å². The standard InChI is InChI=1S/C16H17N3O4S.ClH.H2O/c1-8-7-24-15-11(14(21)19(15)12(8)16(22)23)18-13(20)10(17)9-5-3-2-4-6-9;;/h2-6,10-11,15H,7,17H2,1H3,(H,18,20)(H,22,23);1H;1H2. The number of thioether (sulfide) groups is 1. The monoisotopic (exact) mass is 401 g/mol. The van der Waals surface area contributed by atoms with Gasteiger partial charge in [0, 0.05) is 5.75 Å². The van der Waals surface area contributed by atoms with Crippen LogP contribution >= 0.6 is 11.8 Å². The molecule has 142 valence electrons. The Morgan fingerprint density at radius 3 is 2.58 bits per heavy atom. The highest BCUT2D eigenvalue weighted by Gasteiger charge is 2.53. The molecule has 2 aliphatic rings. The molecule has 26 heavy (non-hydrogen) atoms. The number of carbonyl (C=O) groups excluding carboxylic acids is 2. The first-order valence-corrected chi connectivity index (χ1v) is 8.45. The smallest absolute Gasteiger partial charge is 1.00 e. The number of nitrogens with two attached hydrogens (primary N) is 1. The van der Waals surface area contributed by atoms with E-state index in [1.165, 1.54) is 16.7 Å². The van der Waals surface area contributed by atoms with Crippen molar-refractivity contribution >= 4 is 29.5 Å². The maximum absolute atomic E-state index is 12.3. The van der Waals surface area contributed by atoms with Crippen LogP contribution in [0.2, 0.25) is 0 Å². The predicted octanol–water partition coefficient (Wildman–Crippen LogP) is -3.26. The van der Waals surface area contributed by atoms with Crippen molar-refractivity contribution < 1.29 is 38.8 Å². The van der Waals surface area contributed by atoms with Gasteiger partial charge in [-0.15, -0.1) is 11.8 Å². The molecule has 2 aliphatic heterocycles. The molecule has 0 spiro atoms. The molecule has 1 fully saturated rings. The highest BCUT2D eigenvalue weighted by atomic mass is 35.5. The second kappa shape index (κ2) is 8.54. The van der Waals surface area contributed by atoms with E-state index in [4.69, 9.17) is 5.73 Å². The summed E-state index contributed by atoms with van der Waals surface area (Å²) in [4.78, 5) is 37.2. The third kappa shape index (κ3) is 3.70. The predicted molar refractivity (Wildman–Crippen MR) is 93.5 cm³/mol. The van der Waals surface area contributed by atoms with Crippen molar-refractivity contribution in [3.05, 3.63) is 47.2 Å². The molecule has 1 aromatic rings. The largest absolute Gasteiger partial charge is 1.00 e. The number of hydrogen-bond donors (Lipinski definition) is 3. The summed E-state index contributed by atoms with van der Waals surface area (Å²) in [7, 11) is 0. The normalized spacial score (nSPS) is 22.2. The Bertz CT molecular complexity index is 749. The second-order valence-corrected chi connectivity index (χ2v) is 6.82. The Balaban J connectivity index is 0.00000225. The topological polar surface area (TPSA) is 144 Å². The van der Waals surface area contributed by atoms with Gasteiger partial charge in [-0.2, -0.15) is 0 Å². The molecule has 0 bridgehead atoms. The first-order valence-electron chi connectivity index (χ1n) is 7.40. The Morgan fingerprint density at radius 1 is 1.38 bits per heavy atom. The van der Waals surface area contributed by atoms with Crippen molar-refractivity contribution in [2.45, 2.75) is 24.4 Å². The van der Waals surface area contributed by atoms with Gasteiger partial charge in [0.2, 0.25) is 5.91 Å². The van der Waals surface area contributed by atoms with Gasteiger partial charge in [0.25, 0.3) is 5.91 Å². The number of carboxylic acids is 1. The Hall–Kier alpha value is -2.07. The zero-order valence-electron chi connectivity index (χ0n) is 14.8. The van der Waals surface area contributed by atoms with Gasteiger partial charge in [0.15, 0.2) is 0 Å². The van der Waals surface area contributed by atoms with Crippen molar-refractivity contribution in [3.63, 3.8) is 0 Å². The van der Waals surface area contributed by atoms with Gasteiger partial charge in [-0.25, -0.2) is 4.79 Å². The lowest BCUT2D eigenvalue weighted by atomic mass is 10.0. The molecule has 3 rings (SSSR count). The van der Waals surface area contributed by atoms with Crippen molar-refractivity contribution in [1.82, 2.24) is 10.2 Å². The summed E-state index contributed by atoms with van der Waals surface area (Å²) in [5, 5.41) is 11.5. The fraction of sp³-hybridized carbons (Fsp3) is 0.312. The highest BCUT2D eigenvalue weighted by molar-refractivity contribution is 8.00. The minimum absolute atomic E-state index is 0. The lowest BCUT2D eigenvalue weighted by molar-refractivity contribution is -0.150. The summed E-state index contributed by atoms with van der Waals surface area (Å²) in [6.45, 7) is 1.69. The number of amides is 2. The minimum Gasteiger partial charge on any atom is -1.00 e. The van der Waals surface area contributed by atoms with Gasteiger partial charge in [0.05, 0.1) is 0 Å². The lowest BCUT2D eigenvalue weighted by Gasteiger charge is -2.49. The average Bonchev–Trinajstić information content (AvgIpc) is 2.59. The Labute approximate surface area is 162 Å². The Morgan fingerprint density at radius 2 is 2.00 bits per heavy atom. The number of fused-ring (bicyclic) bond motifs is 1. The van der Waals surface area contributed by atoms with Crippen LogP contribution in [0.25, 0.3) is 0 Å². The minimum atomic E-state index is -1.13. The molecular formula is C16H20ClN3O5S. The number of carbonyl (C=O) groups is 3. The molecule has 0 aliphatic carbocycles. The number of β-lactam (4-membered cyclic amide) rings is 1. The molecule has 10 heteroatoms. The van der Waals surface area contributed by atoms with E-state index in [9.17, 15) is 19.5 Å². The van der Waals surface area contributed by atoms with Gasteiger partial charge in [0.1, 0.15) is 23.2 Å². The van der Waals surface area contributed by atoms with Crippen LogP contribution in [0.5, 0.6) is 0 Å². The van der Waals surface area contributed by atoms with Crippen LogP contribution in [-0.4, -0.2) is 50.4 Å². The number of aliphatic carboxylic acids is 1. The highest BCUT2D eigenvalue weighted by Crippen LogP contribution is 2.40. The zero-order valence-corrected chi connectivity index (χ0v) is 15.4. The quantitative estimate of drug-likeness (QED) is 0.451. The molecule has 1 aromatic carbocycles. The number of halogens is 1. The summed E-state index contributed by atoms with van der Waals surface area (Å²) < 4.78 is 0. The molecule has 0 saturated carbocycles. The van der Waals surface area contributed by atoms with Gasteiger partial charge in [-0.3, -0.25) is 14.5 Å². The average molecular weight is 402 g/mol. The van der Waals surface area contributed by atoms with Crippen LogP contribution in [0.4, 0.5) is 0 Å². The number of hydrogen-bond acceptors (Lipinski definition) is 5. The van der Waals surface area contributed by atoms with Crippen molar-refractivity contribution in [3.8, 4) is 0 Å². The third-order valence-corrected chi connectivity index (χ3v) is 5.52. The number of benzene rings is 1. The third-order valence-electron chi connectivity index (χ3n) is 4.10. The fourth-order valence-corrected chi connectivity index (χ4v) is 4.12.